The lowest BCUT2D eigenvalue weighted by Gasteiger charge is -2.46. The molecule has 1 aromatic rings. The number of rotatable bonds is 5. The molecule has 5 nitrogen and oxygen atoms in total. The molecule has 132 valence electrons. The molecule has 2 aliphatic rings. The van der Waals surface area contributed by atoms with Gasteiger partial charge in [0.2, 0.25) is 0 Å². The number of fused-ring (bicyclic) bond motifs is 1. The number of likely N-dealkylation sites (tertiary alicyclic amines) is 2. The minimum absolute atomic E-state index is 0.350. The van der Waals surface area contributed by atoms with E-state index >= 15 is 0 Å². The zero-order valence-electron chi connectivity index (χ0n) is 14.7. The Morgan fingerprint density at radius 1 is 1.25 bits per heavy atom. The third kappa shape index (κ3) is 3.90. The topological polar surface area (TPSA) is 42.0 Å². The smallest absolute Gasteiger partial charge is 0.341 e. The van der Waals surface area contributed by atoms with Crippen LogP contribution in [-0.4, -0.2) is 68.8 Å². The summed E-state index contributed by atoms with van der Waals surface area (Å²) >= 11 is 0. The molecular formula is C19H28N2O3. The maximum atomic E-state index is 11.8. The van der Waals surface area contributed by atoms with E-state index < -0.39 is 0 Å². The van der Waals surface area contributed by atoms with Crippen LogP contribution in [0.15, 0.2) is 24.3 Å². The molecule has 2 fully saturated rings. The normalized spacial score (nSPS) is 25.1. The Labute approximate surface area is 144 Å². The van der Waals surface area contributed by atoms with Gasteiger partial charge in [-0.15, -0.1) is 0 Å². The minimum Gasteiger partial charge on any atom is -0.491 e. The van der Waals surface area contributed by atoms with Crippen molar-refractivity contribution < 1.29 is 14.3 Å². The van der Waals surface area contributed by atoms with Gasteiger partial charge < -0.3 is 14.4 Å². The Morgan fingerprint density at radius 2 is 2.08 bits per heavy atom. The summed E-state index contributed by atoms with van der Waals surface area (Å²) in [6.45, 7) is 5.04. The van der Waals surface area contributed by atoms with Gasteiger partial charge in [-0.25, -0.2) is 4.79 Å². The molecule has 0 saturated carbocycles. The van der Waals surface area contributed by atoms with Crippen LogP contribution in [0.25, 0.3) is 0 Å². The van der Waals surface area contributed by atoms with Crippen LogP contribution in [0.4, 0.5) is 0 Å². The van der Waals surface area contributed by atoms with Gasteiger partial charge in [0.15, 0.2) is 0 Å². The monoisotopic (exact) mass is 332 g/mol. The summed E-state index contributed by atoms with van der Waals surface area (Å²) in [6.07, 6.45) is 3.91. The van der Waals surface area contributed by atoms with Gasteiger partial charge in [-0.1, -0.05) is 12.1 Å². The number of methoxy groups -OCH3 is 1. The highest BCUT2D eigenvalue weighted by atomic mass is 16.5. The number of benzene rings is 1. The quantitative estimate of drug-likeness (QED) is 0.774. The van der Waals surface area contributed by atoms with Crippen molar-refractivity contribution in [1.29, 1.82) is 0 Å². The second kappa shape index (κ2) is 7.99. The van der Waals surface area contributed by atoms with Crippen molar-refractivity contribution in [2.75, 3.05) is 46.9 Å². The van der Waals surface area contributed by atoms with Gasteiger partial charge in [-0.05, 0) is 57.5 Å². The number of carbonyl (C=O) groups is 1. The van der Waals surface area contributed by atoms with Gasteiger partial charge >= 0.3 is 5.97 Å². The summed E-state index contributed by atoms with van der Waals surface area (Å²) in [4.78, 5) is 16.8. The van der Waals surface area contributed by atoms with E-state index in [0.717, 1.165) is 31.6 Å². The number of piperidine rings is 2. The number of ether oxygens (including phenoxy) is 2. The first kappa shape index (κ1) is 17.2. The molecule has 3 rings (SSSR count). The molecule has 1 aromatic carbocycles. The summed E-state index contributed by atoms with van der Waals surface area (Å²) < 4.78 is 10.7. The highest BCUT2D eigenvalue weighted by Crippen LogP contribution is 2.29. The van der Waals surface area contributed by atoms with Crippen LogP contribution in [0.2, 0.25) is 0 Å². The van der Waals surface area contributed by atoms with E-state index in [9.17, 15) is 4.79 Å². The number of hydrogen-bond acceptors (Lipinski definition) is 5. The van der Waals surface area contributed by atoms with Crippen molar-refractivity contribution >= 4 is 5.97 Å². The van der Waals surface area contributed by atoms with Crippen LogP contribution in [0.1, 0.15) is 29.6 Å². The Balaban J connectivity index is 1.50. The molecule has 5 heteroatoms. The van der Waals surface area contributed by atoms with Crippen LogP contribution >= 0.6 is 0 Å². The van der Waals surface area contributed by atoms with Crippen molar-refractivity contribution in [2.45, 2.75) is 25.3 Å². The summed E-state index contributed by atoms with van der Waals surface area (Å²) in [5.41, 5.74) is 0.493. The van der Waals surface area contributed by atoms with Gasteiger partial charge in [0.05, 0.1) is 7.11 Å². The number of carbonyl (C=O) groups excluding carboxylic acids is 1. The second-order valence-corrected chi connectivity index (χ2v) is 6.88. The minimum atomic E-state index is -0.350. The lowest BCUT2D eigenvalue weighted by atomic mass is 9.84. The highest BCUT2D eigenvalue weighted by molar-refractivity contribution is 5.92. The van der Waals surface area contributed by atoms with Crippen LogP contribution < -0.4 is 4.74 Å². The maximum Gasteiger partial charge on any atom is 0.341 e. The first-order valence-corrected chi connectivity index (χ1v) is 8.92. The van der Waals surface area contributed by atoms with E-state index in [1.165, 1.54) is 32.9 Å². The van der Waals surface area contributed by atoms with Crippen molar-refractivity contribution in [3.63, 3.8) is 0 Å². The average Bonchev–Trinajstić information content (AvgIpc) is 2.61. The lowest BCUT2D eigenvalue weighted by molar-refractivity contribution is 0.0336. The van der Waals surface area contributed by atoms with Crippen LogP contribution in [0, 0.1) is 5.92 Å². The molecule has 0 radical (unpaired) electrons. The van der Waals surface area contributed by atoms with Gasteiger partial charge in [0.25, 0.3) is 0 Å². The lowest BCUT2D eigenvalue weighted by Crippen LogP contribution is -2.53. The number of nitrogens with zero attached hydrogens (tertiary/aromatic N) is 2. The molecule has 0 aliphatic carbocycles. The van der Waals surface area contributed by atoms with Gasteiger partial charge in [-0.3, -0.25) is 4.90 Å². The van der Waals surface area contributed by atoms with Crippen LogP contribution in [0.3, 0.4) is 0 Å². The Kier molecular flexibility index (Phi) is 5.74. The van der Waals surface area contributed by atoms with Crippen molar-refractivity contribution in [3.8, 4) is 5.75 Å². The average molecular weight is 332 g/mol. The van der Waals surface area contributed by atoms with Crippen molar-refractivity contribution in [1.82, 2.24) is 9.80 Å². The first-order valence-electron chi connectivity index (χ1n) is 8.92. The SMILES string of the molecule is COC(=O)c1ccccc1OCCN1CC[C@H]2[C@H](CCCN2C)C1. The number of esters is 1. The Morgan fingerprint density at radius 3 is 2.92 bits per heavy atom. The number of hydrogen-bond donors (Lipinski definition) is 0. The van der Waals surface area contributed by atoms with E-state index in [2.05, 4.69) is 16.8 Å². The molecule has 2 heterocycles. The standard InChI is InChI=1S/C19H28N2O3/c1-20-10-5-6-15-14-21(11-9-17(15)20)12-13-24-18-8-4-3-7-16(18)19(22)23-2/h3-4,7-8,15,17H,5-6,9-14H2,1-2H3/t15-,17+/m1/s1. The molecule has 0 bridgehead atoms. The largest absolute Gasteiger partial charge is 0.491 e. The van der Waals surface area contributed by atoms with Gasteiger partial charge in [0, 0.05) is 19.1 Å². The van der Waals surface area contributed by atoms with E-state index in [0.29, 0.717) is 17.9 Å². The Bertz CT molecular complexity index is 563. The van der Waals surface area contributed by atoms with E-state index in [-0.39, 0.29) is 5.97 Å². The van der Waals surface area contributed by atoms with Crippen molar-refractivity contribution in [3.05, 3.63) is 29.8 Å². The summed E-state index contributed by atoms with van der Waals surface area (Å²) in [7, 11) is 3.66. The van der Waals surface area contributed by atoms with E-state index in [1.54, 1.807) is 6.07 Å². The summed E-state index contributed by atoms with van der Waals surface area (Å²) in [6, 6.07) is 8.03. The first-order chi connectivity index (χ1) is 11.7. The predicted molar refractivity (Wildman–Crippen MR) is 93.5 cm³/mol. The second-order valence-electron chi connectivity index (χ2n) is 6.88. The van der Waals surface area contributed by atoms with Gasteiger partial charge in [-0.2, -0.15) is 0 Å². The fraction of sp³-hybridized carbons (Fsp3) is 0.632. The molecular weight excluding hydrogens is 304 g/mol. The van der Waals surface area contributed by atoms with Crippen LogP contribution in [-0.2, 0) is 4.74 Å². The zero-order chi connectivity index (χ0) is 16.9. The molecule has 2 saturated heterocycles. The van der Waals surface area contributed by atoms with E-state index in [1.807, 2.05) is 18.2 Å². The molecule has 0 N–H and O–H groups in total. The van der Waals surface area contributed by atoms with Crippen molar-refractivity contribution in [2.24, 2.45) is 5.92 Å². The molecule has 0 spiro atoms. The summed E-state index contributed by atoms with van der Waals surface area (Å²) in [5.74, 6) is 1.05. The molecule has 0 amide bonds. The Hall–Kier alpha value is -1.59. The maximum absolute atomic E-state index is 11.8. The predicted octanol–water partition coefficient (Wildman–Crippen LogP) is 2.27. The molecule has 0 aromatic heterocycles. The number of para-hydroxylation sites is 1. The third-order valence-electron chi connectivity index (χ3n) is 5.39. The molecule has 2 aliphatic heterocycles. The molecule has 2 atom stereocenters. The third-order valence-corrected chi connectivity index (χ3v) is 5.39. The van der Waals surface area contributed by atoms with Crippen LogP contribution in [0.5, 0.6) is 5.75 Å². The fourth-order valence-corrected chi connectivity index (χ4v) is 4.09. The zero-order valence-corrected chi connectivity index (χ0v) is 14.7. The van der Waals surface area contributed by atoms with Gasteiger partial charge in [0.1, 0.15) is 17.9 Å². The molecule has 0 unspecified atom stereocenters. The summed E-state index contributed by atoms with van der Waals surface area (Å²) in [5, 5.41) is 0. The highest BCUT2D eigenvalue weighted by Gasteiger charge is 2.33. The van der Waals surface area contributed by atoms with E-state index in [4.69, 9.17) is 9.47 Å². The fourth-order valence-electron chi connectivity index (χ4n) is 4.09. The molecule has 24 heavy (non-hydrogen) atoms.